The number of aryl methyl sites for hydroxylation is 1. The average molecular weight is 296 g/mol. The number of nitrogens with zero attached hydrogens (tertiary/aromatic N) is 1. The molecule has 0 aliphatic carbocycles. The third-order valence-electron chi connectivity index (χ3n) is 3.80. The van der Waals surface area contributed by atoms with Gasteiger partial charge in [-0.05, 0) is 44.0 Å². The van der Waals surface area contributed by atoms with Crippen LogP contribution in [0.15, 0.2) is 29.2 Å². The monoisotopic (exact) mass is 296 g/mol. The Bertz CT molecular complexity index is 543. The highest BCUT2D eigenvalue weighted by Crippen LogP contribution is 2.25. The van der Waals surface area contributed by atoms with Gasteiger partial charge in [0.1, 0.15) is 0 Å². The number of piperidine rings is 1. The summed E-state index contributed by atoms with van der Waals surface area (Å²) in [5, 5.41) is 3.28. The maximum absolute atomic E-state index is 12.8. The maximum Gasteiger partial charge on any atom is 0.243 e. The van der Waals surface area contributed by atoms with E-state index < -0.39 is 10.0 Å². The molecule has 5 heteroatoms. The van der Waals surface area contributed by atoms with Crippen LogP contribution in [0, 0.1) is 6.92 Å². The van der Waals surface area contributed by atoms with E-state index in [0.29, 0.717) is 11.4 Å². The number of hydrogen-bond donors (Lipinski definition) is 1. The number of likely N-dealkylation sites (N-methyl/N-ethyl adjacent to an activating group) is 1. The van der Waals surface area contributed by atoms with Crippen molar-refractivity contribution in [3.63, 3.8) is 0 Å². The maximum atomic E-state index is 12.8. The molecule has 1 unspecified atom stereocenters. The highest BCUT2D eigenvalue weighted by atomic mass is 32.2. The van der Waals surface area contributed by atoms with Crippen LogP contribution >= 0.6 is 0 Å². The molecule has 0 aromatic heterocycles. The molecule has 0 bridgehead atoms. The number of rotatable bonds is 5. The molecular weight excluding hydrogens is 272 g/mol. The van der Waals surface area contributed by atoms with Crippen LogP contribution in [0.5, 0.6) is 0 Å². The van der Waals surface area contributed by atoms with Gasteiger partial charge in [0.25, 0.3) is 0 Å². The van der Waals surface area contributed by atoms with Crippen molar-refractivity contribution in [2.75, 3.05) is 19.6 Å². The third kappa shape index (κ3) is 3.40. The summed E-state index contributed by atoms with van der Waals surface area (Å²) in [7, 11) is -3.37. The third-order valence-corrected chi connectivity index (χ3v) is 5.75. The first-order chi connectivity index (χ1) is 9.55. The molecule has 112 valence electrons. The lowest BCUT2D eigenvalue weighted by molar-refractivity contribution is 0.246. The standard InChI is InChI=1S/C15H24N2O2S/c1-3-16-12-14-8-4-5-10-17(14)20(18,19)15-9-6-7-13(2)11-15/h6-7,9,11,14,16H,3-5,8,10,12H2,1-2H3. The molecule has 1 fully saturated rings. The van der Waals surface area contributed by atoms with E-state index in [1.807, 2.05) is 26.0 Å². The van der Waals surface area contributed by atoms with E-state index in [4.69, 9.17) is 0 Å². The summed E-state index contributed by atoms with van der Waals surface area (Å²) in [6, 6.07) is 7.26. The van der Waals surface area contributed by atoms with Crippen molar-refractivity contribution in [3.05, 3.63) is 29.8 Å². The molecule has 4 nitrogen and oxygen atoms in total. The molecule has 1 atom stereocenters. The van der Waals surface area contributed by atoms with Crippen LogP contribution in [0.1, 0.15) is 31.7 Å². The summed E-state index contributed by atoms with van der Waals surface area (Å²) in [4.78, 5) is 0.417. The molecule has 1 aromatic rings. The van der Waals surface area contributed by atoms with Crippen LogP contribution in [0.2, 0.25) is 0 Å². The van der Waals surface area contributed by atoms with Gasteiger partial charge in [-0.25, -0.2) is 8.42 Å². The molecule has 1 N–H and O–H groups in total. The van der Waals surface area contributed by atoms with Crippen LogP contribution < -0.4 is 5.32 Å². The van der Waals surface area contributed by atoms with Crippen molar-refractivity contribution >= 4 is 10.0 Å². The first-order valence-electron chi connectivity index (χ1n) is 7.35. The van der Waals surface area contributed by atoms with E-state index in [1.54, 1.807) is 16.4 Å². The van der Waals surface area contributed by atoms with E-state index in [-0.39, 0.29) is 6.04 Å². The quantitative estimate of drug-likeness (QED) is 0.906. The molecule has 0 amide bonds. The molecule has 1 aromatic carbocycles. The summed E-state index contributed by atoms with van der Waals surface area (Å²) in [5.41, 5.74) is 0.978. The number of nitrogens with one attached hydrogen (secondary N) is 1. The molecule has 0 saturated carbocycles. The fourth-order valence-corrected chi connectivity index (χ4v) is 4.51. The lowest BCUT2D eigenvalue weighted by Crippen LogP contribution is -2.48. The lowest BCUT2D eigenvalue weighted by atomic mass is 10.1. The van der Waals surface area contributed by atoms with Gasteiger partial charge < -0.3 is 5.32 Å². The average Bonchev–Trinajstić information content (AvgIpc) is 2.45. The van der Waals surface area contributed by atoms with E-state index in [9.17, 15) is 8.42 Å². The van der Waals surface area contributed by atoms with Gasteiger partial charge in [-0.1, -0.05) is 25.5 Å². The molecule has 0 radical (unpaired) electrons. The second-order valence-corrected chi connectivity index (χ2v) is 7.28. The number of hydrogen-bond acceptors (Lipinski definition) is 3. The first kappa shape index (κ1) is 15.5. The van der Waals surface area contributed by atoms with E-state index in [0.717, 1.165) is 37.9 Å². The Labute approximate surface area is 122 Å². The van der Waals surface area contributed by atoms with E-state index >= 15 is 0 Å². The highest BCUT2D eigenvalue weighted by Gasteiger charge is 2.33. The predicted molar refractivity (Wildman–Crippen MR) is 81.3 cm³/mol. The molecule has 1 aliphatic rings. The largest absolute Gasteiger partial charge is 0.315 e. The van der Waals surface area contributed by atoms with Gasteiger partial charge in [-0.3, -0.25) is 0 Å². The first-order valence-corrected chi connectivity index (χ1v) is 8.79. The van der Waals surface area contributed by atoms with Crippen LogP contribution in [0.4, 0.5) is 0 Å². The van der Waals surface area contributed by atoms with Crippen molar-refractivity contribution in [2.45, 2.75) is 44.0 Å². The Hall–Kier alpha value is -0.910. The summed E-state index contributed by atoms with van der Waals surface area (Å²) in [6.45, 7) is 6.20. The summed E-state index contributed by atoms with van der Waals surface area (Å²) in [6.07, 6.45) is 3.00. The SMILES string of the molecule is CCNCC1CCCCN1S(=O)(=O)c1cccc(C)c1. The number of sulfonamides is 1. The summed E-state index contributed by atoms with van der Waals surface area (Å²) < 4.78 is 27.3. The van der Waals surface area contributed by atoms with E-state index in [2.05, 4.69) is 5.32 Å². The minimum absolute atomic E-state index is 0.0780. The summed E-state index contributed by atoms with van der Waals surface area (Å²) >= 11 is 0. The van der Waals surface area contributed by atoms with Crippen molar-refractivity contribution in [2.24, 2.45) is 0 Å². The molecule has 1 aliphatic heterocycles. The predicted octanol–water partition coefficient (Wildman–Crippen LogP) is 2.15. The van der Waals surface area contributed by atoms with Crippen molar-refractivity contribution < 1.29 is 8.42 Å². The second-order valence-electron chi connectivity index (χ2n) is 5.39. The lowest BCUT2D eigenvalue weighted by Gasteiger charge is -2.34. The van der Waals surface area contributed by atoms with Crippen LogP contribution in [0.3, 0.4) is 0 Å². The Kier molecular flexibility index (Phi) is 5.18. The van der Waals surface area contributed by atoms with Crippen LogP contribution in [-0.2, 0) is 10.0 Å². The zero-order valence-corrected chi connectivity index (χ0v) is 13.1. The van der Waals surface area contributed by atoms with E-state index in [1.165, 1.54) is 0 Å². The molecular formula is C15H24N2O2S. The van der Waals surface area contributed by atoms with Crippen molar-refractivity contribution in [3.8, 4) is 0 Å². The molecule has 1 saturated heterocycles. The summed E-state index contributed by atoms with van der Waals surface area (Å²) in [5.74, 6) is 0. The minimum Gasteiger partial charge on any atom is -0.315 e. The Balaban J connectivity index is 2.26. The topological polar surface area (TPSA) is 49.4 Å². The zero-order valence-electron chi connectivity index (χ0n) is 12.3. The van der Waals surface area contributed by atoms with Gasteiger partial charge in [0.15, 0.2) is 0 Å². The molecule has 1 heterocycles. The van der Waals surface area contributed by atoms with Crippen molar-refractivity contribution in [1.29, 1.82) is 0 Å². The Morgan fingerprint density at radius 2 is 2.15 bits per heavy atom. The molecule has 20 heavy (non-hydrogen) atoms. The van der Waals surface area contributed by atoms with Gasteiger partial charge in [0.05, 0.1) is 4.90 Å². The number of benzene rings is 1. The Morgan fingerprint density at radius 1 is 1.35 bits per heavy atom. The van der Waals surface area contributed by atoms with Crippen molar-refractivity contribution in [1.82, 2.24) is 9.62 Å². The molecule has 0 spiro atoms. The molecule has 2 rings (SSSR count). The minimum atomic E-state index is -3.37. The second kappa shape index (κ2) is 6.70. The van der Waals surface area contributed by atoms with Gasteiger partial charge in [-0.2, -0.15) is 4.31 Å². The Morgan fingerprint density at radius 3 is 2.85 bits per heavy atom. The normalized spacial score (nSPS) is 21.0. The zero-order chi connectivity index (χ0) is 14.6. The highest BCUT2D eigenvalue weighted by molar-refractivity contribution is 7.89. The van der Waals surface area contributed by atoms with Gasteiger partial charge in [0, 0.05) is 19.1 Å². The fraction of sp³-hybridized carbons (Fsp3) is 0.600. The van der Waals surface area contributed by atoms with Gasteiger partial charge in [0.2, 0.25) is 10.0 Å². The fourth-order valence-electron chi connectivity index (χ4n) is 2.72. The van der Waals surface area contributed by atoms with Gasteiger partial charge >= 0.3 is 0 Å². The van der Waals surface area contributed by atoms with Crippen LogP contribution in [-0.4, -0.2) is 38.4 Å². The van der Waals surface area contributed by atoms with Crippen LogP contribution in [0.25, 0.3) is 0 Å². The van der Waals surface area contributed by atoms with Gasteiger partial charge in [-0.15, -0.1) is 0 Å². The smallest absolute Gasteiger partial charge is 0.243 e.